The summed E-state index contributed by atoms with van der Waals surface area (Å²) in [6.07, 6.45) is 0.156. The van der Waals surface area contributed by atoms with E-state index in [1.807, 2.05) is 6.92 Å². The molecule has 0 heterocycles. The van der Waals surface area contributed by atoms with Gasteiger partial charge in [0.25, 0.3) is 5.91 Å². The summed E-state index contributed by atoms with van der Waals surface area (Å²) < 4.78 is 5.95. The van der Waals surface area contributed by atoms with E-state index in [-0.39, 0.29) is 18.2 Å². The van der Waals surface area contributed by atoms with Crippen LogP contribution in [0.15, 0.2) is 53.0 Å². The molecule has 0 saturated carbocycles. The highest BCUT2D eigenvalue weighted by Crippen LogP contribution is 2.13. The van der Waals surface area contributed by atoms with Crippen LogP contribution in [0, 0.1) is 0 Å². The van der Waals surface area contributed by atoms with Crippen molar-refractivity contribution in [2.24, 2.45) is 0 Å². The van der Waals surface area contributed by atoms with Gasteiger partial charge in [-0.3, -0.25) is 19.2 Å². The maximum absolute atomic E-state index is 12.5. The number of halogens is 1. The van der Waals surface area contributed by atoms with Gasteiger partial charge in [0.2, 0.25) is 11.7 Å². The fourth-order valence-corrected chi connectivity index (χ4v) is 2.82. The molecule has 2 N–H and O–H groups in total. The first kappa shape index (κ1) is 23.3. The summed E-state index contributed by atoms with van der Waals surface area (Å²) in [5, 5.41) is 5.19. The predicted octanol–water partition coefficient (Wildman–Crippen LogP) is 3.73. The summed E-state index contributed by atoms with van der Waals surface area (Å²) in [7, 11) is 0. The van der Waals surface area contributed by atoms with Gasteiger partial charge in [-0.15, -0.1) is 0 Å². The molecule has 7 nitrogen and oxygen atoms in total. The standard InChI is InChI=1S/C22H23BrN2O5/c1-3-4-19(26)25-18-11-7-15(8-12-18)21(28)14(2)30-20(27)13-24-22(29)16-5-9-17(23)10-6-16/h5-12,14H,3-4,13H2,1-2H3,(H,24,29)(H,25,26)/t14-/m0/s1. The second-order valence-electron chi connectivity index (χ2n) is 6.56. The molecule has 0 spiro atoms. The Bertz CT molecular complexity index is 910. The van der Waals surface area contributed by atoms with Gasteiger partial charge in [-0.05, 0) is 61.9 Å². The number of benzene rings is 2. The smallest absolute Gasteiger partial charge is 0.326 e. The van der Waals surface area contributed by atoms with Gasteiger partial charge in [0.1, 0.15) is 6.54 Å². The van der Waals surface area contributed by atoms with Gasteiger partial charge in [-0.1, -0.05) is 22.9 Å². The van der Waals surface area contributed by atoms with Crippen LogP contribution in [0.2, 0.25) is 0 Å². The van der Waals surface area contributed by atoms with Crippen LogP contribution in [0.4, 0.5) is 5.69 Å². The Balaban J connectivity index is 1.84. The summed E-state index contributed by atoms with van der Waals surface area (Å²) in [5.74, 6) is -1.61. The topological polar surface area (TPSA) is 102 Å². The summed E-state index contributed by atoms with van der Waals surface area (Å²) in [6, 6.07) is 13.0. The van der Waals surface area contributed by atoms with E-state index in [1.54, 1.807) is 48.5 Å². The molecule has 0 fully saturated rings. The molecule has 0 aliphatic heterocycles. The van der Waals surface area contributed by atoms with Gasteiger partial charge < -0.3 is 15.4 Å². The lowest BCUT2D eigenvalue weighted by molar-refractivity contribution is -0.145. The van der Waals surface area contributed by atoms with Crippen molar-refractivity contribution in [2.75, 3.05) is 11.9 Å². The SMILES string of the molecule is CCCC(=O)Nc1ccc(C(=O)[C@H](C)OC(=O)CNC(=O)c2ccc(Br)cc2)cc1. The van der Waals surface area contributed by atoms with Crippen LogP contribution in [-0.2, 0) is 14.3 Å². The van der Waals surface area contributed by atoms with Crippen molar-refractivity contribution in [1.82, 2.24) is 5.32 Å². The lowest BCUT2D eigenvalue weighted by Crippen LogP contribution is -2.34. The predicted molar refractivity (Wildman–Crippen MR) is 116 cm³/mol. The molecular weight excluding hydrogens is 452 g/mol. The maximum atomic E-state index is 12.5. The second-order valence-corrected chi connectivity index (χ2v) is 7.48. The van der Waals surface area contributed by atoms with Crippen LogP contribution in [0.25, 0.3) is 0 Å². The van der Waals surface area contributed by atoms with Crippen LogP contribution in [0.1, 0.15) is 47.4 Å². The maximum Gasteiger partial charge on any atom is 0.326 e. The van der Waals surface area contributed by atoms with Crippen molar-refractivity contribution in [2.45, 2.75) is 32.8 Å². The van der Waals surface area contributed by atoms with Crippen LogP contribution in [0.5, 0.6) is 0 Å². The van der Waals surface area contributed by atoms with Crippen molar-refractivity contribution in [1.29, 1.82) is 0 Å². The highest BCUT2D eigenvalue weighted by atomic mass is 79.9. The summed E-state index contributed by atoms with van der Waals surface area (Å²) >= 11 is 3.28. The number of carbonyl (C=O) groups is 4. The molecule has 1 atom stereocenters. The van der Waals surface area contributed by atoms with E-state index in [9.17, 15) is 19.2 Å². The minimum Gasteiger partial charge on any atom is -0.453 e. The number of ether oxygens (including phenoxy) is 1. The Morgan fingerprint density at radius 2 is 1.57 bits per heavy atom. The molecule has 0 aliphatic rings. The van der Waals surface area contributed by atoms with Crippen molar-refractivity contribution in [3.05, 3.63) is 64.1 Å². The van der Waals surface area contributed by atoms with Crippen LogP contribution in [0.3, 0.4) is 0 Å². The number of esters is 1. The van der Waals surface area contributed by atoms with Gasteiger partial charge in [-0.2, -0.15) is 0 Å². The molecule has 0 radical (unpaired) electrons. The number of ketones is 1. The monoisotopic (exact) mass is 474 g/mol. The molecule has 0 unspecified atom stereocenters. The second kappa shape index (κ2) is 11.3. The van der Waals surface area contributed by atoms with Crippen molar-refractivity contribution in [3.8, 4) is 0 Å². The molecule has 30 heavy (non-hydrogen) atoms. The molecule has 0 bridgehead atoms. The number of anilines is 1. The minimum atomic E-state index is -1.01. The fourth-order valence-electron chi connectivity index (χ4n) is 2.55. The summed E-state index contributed by atoms with van der Waals surface area (Å²) in [6.45, 7) is 3.03. The number of amides is 2. The van der Waals surface area contributed by atoms with Crippen LogP contribution in [-0.4, -0.2) is 36.2 Å². The van der Waals surface area contributed by atoms with Crippen molar-refractivity contribution < 1.29 is 23.9 Å². The average molecular weight is 475 g/mol. The highest BCUT2D eigenvalue weighted by Gasteiger charge is 2.20. The molecule has 2 amide bonds. The lowest BCUT2D eigenvalue weighted by atomic mass is 10.1. The van der Waals surface area contributed by atoms with Crippen molar-refractivity contribution >= 4 is 45.2 Å². The number of rotatable bonds is 9. The van der Waals surface area contributed by atoms with Gasteiger partial charge in [0, 0.05) is 27.7 Å². The Hall–Kier alpha value is -3.00. The average Bonchev–Trinajstić information content (AvgIpc) is 2.72. The molecule has 158 valence electrons. The Morgan fingerprint density at radius 3 is 2.17 bits per heavy atom. The Kier molecular flexibility index (Phi) is 8.73. The largest absolute Gasteiger partial charge is 0.453 e. The molecule has 2 rings (SSSR count). The van der Waals surface area contributed by atoms with Gasteiger partial charge >= 0.3 is 5.97 Å². The molecule has 2 aromatic carbocycles. The first-order valence-electron chi connectivity index (χ1n) is 9.47. The normalized spacial score (nSPS) is 11.3. The minimum absolute atomic E-state index is 0.0935. The third-order valence-electron chi connectivity index (χ3n) is 4.11. The fraction of sp³-hybridized carbons (Fsp3) is 0.273. The van der Waals surface area contributed by atoms with E-state index in [2.05, 4.69) is 26.6 Å². The van der Waals surface area contributed by atoms with Crippen LogP contribution < -0.4 is 10.6 Å². The van der Waals surface area contributed by atoms with E-state index in [4.69, 9.17) is 4.74 Å². The number of Topliss-reactive ketones (excluding diaryl/α,β-unsaturated/α-hetero) is 1. The molecule has 0 saturated heterocycles. The third-order valence-corrected chi connectivity index (χ3v) is 4.64. The van der Waals surface area contributed by atoms with E-state index < -0.39 is 18.0 Å². The molecule has 0 aliphatic carbocycles. The summed E-state index contributed by atoms with van der Waals surface area (Å²) in [4.78, 5) is 48.1. The van der Waals surface area contributed by atoms with E-state index >= 15 is 0 Å². The number of carbonyl (C=O) groups excluding carboxylic acids is 4. The first-order valence-corrected chi connectivity index (χ1v) is 10.3. The van der Waals surface area contributed by atoms with E-state index in [1.165, 1.54) is 6.92 Å². The zero-order chi connectivity index (χ0) is 22.1. The van der Waals surface area contributed by atoms with Gasteiger partial charge in [-0.25, -0.2) is 0 Å². The first-order chi connectivity index (χ1) is 14.3. The Labute approximate surface area is 183 Å². The van der Waals surface area contributed by atoms with E-state index in [0.717, 1.165) is 10.9 Å². The number of nitrogens with one attached hydrogen (secondary N) is 2. The van der Waals surface area contributed by atoms with Crippen molar-refractivity contribution in [3.63, 3.8) is 0 Å². The van der Waals surface area contributed by atoms with Gasteiger partial charge in [0.05, 0.1) is 0 Å². The molecule has 0 aromatic heterocycles. The molecular formula is C22H23BrN2O5. The van der Waals surface area contributed by atoms with Crippen LogP contribution >= 0.6 is 15.9 Å². The number of hydrogen-bond donors (Lipinski definition) is 2. The summed E-state index contributed by atoms with van der Waals surface area (Å²) in [5.41, 5.74) is 1.34. The van der Waals surface area contributed by atoms with E-state index in [0.29, 0.717) is 23.2 Å². The Morgan fingerprint density at radius 1 is 0.967 bits per heavy atom. The number of hydrogen-bond acceptors (Lipinski definition) is 5. The molecule has 2 aromatic rings. The lowest BCUT2D eigenvalue weighted by Gasteiger charge is -2.13. The third kappa shape index (κ3) is 7.11. The highest BCUT2D eigenvalue weighted by molar-refractivity contribution is 9.10. The quantitative estimate of drug-likeness (QED) is 0.425. The zero-order valence-corrected chi connectivity index (χ0v) is 18.3. The molecule has 8 heteroatoms. The van der Waals surface area contributed by atoms with Gasteiger partial charge in [0.15, 0.2) is 6.10 Å². The zero-order valence-electron chi connectivity index (χ0n) is 16.7.